The second kappa shape index (κ2) is 5.39. The van der Waals surface area contributed by atoms with Gasteiger partial charge in [0, 0.05) is 18.2 Å². The largest absolute Gasteiger partial charge is 0.508 e. The summed E-state index contributed by atoms with van der Waals surface area (Å²) in [5.74, 6) is 0.177. The topological polar surface area (TPSA) is 75.4 Å². The van der Waals surface area contributed by atoms with Crippen LogP contribution in [0.5, 0.6) is 5.75 Å². The Labute approximate surface area is 110 Å². The van der Waals surface area contributed by atoms with E-state index in [2.05, 4.69) is 5.32 Å². The lowest BCUT2D eigenvalue weighted by Crippen LogP contribution is -2.03. The van der Waals surface area contributed by atoms with Gasteiger partial charge in [-0.25, -0.2) is 0 Å². The fourth-order valence-corrected chi connectivity index (χ4v) is 1.83. The minimum atomic E-state index is -0.432. The van der Waals surface area contributed by atoms with Gasteiger partial charge in [-0.15, -0.1) is 0 Å². The maximum Gasteiger partial charge on any atom is 0.292 e. The number of anilines is 1. The van der Waals surface area contributed by atoms with Crippen molar-refractivity contribution in [1.29, 1.82) is 0 Å². The molecule has 0 aliphatic rings. The molecule has 0 unspecified atom stereocenters. The molecule has 0 aromatic heterocycles. The molecule has 2 N–H and O–H groups in total. The van der Waals surface area contributed by atoms with E-state index in [0.717, 1.165) is 5.56 Å². The summed E-state index contributed by atoms with van der Waals surface area (Å²) in [7, 11) is 0. The standard InChI is InChI=1S/C14H14N2O3/c1-10-6-7-14(17)11(8-10)9-15-12-4-2-3-5-13(12)16(18)19/h2-8,15,17H,9H2,1H3. The number of rotatable bonds is 4. The van der Waals surface area contributed by atoms with Crippen LogP contribution in [0.15, 0.2) is 42.5 Å². The molecule has 0 aliphatic carbocycles. The Kier molecular flexibility index (Phi) is 3.66. The Bertz CT molecular complexity index is 611. The minimum absolute atomic E-state index is 0.0228. The summed E-state index contributed by atoms with van der Waals surface area (Å²) in [5, 5.41) is 23.6. The Hall–Kier alpha value is -2.56. The highest BCUT2D eigenvalue weighted by molar-refractivity contribution is 5.61. The highest BCUT2D eigenvalue weighted by atomic mass is 16.6. The molecule has 2 aromatic carbocycles. The first-order valence-corrected chi connectivity index (χ1v) is 5.83. The third-order valence-electron chi connectivity index (χ3n) is 2.81. The molecular formula is C14H14N2O3. The van der Waals surface area contributed by atoms with Crippen molar-refractivity contribution in [3.63, 3.8) is 0 Å². The van der Waals surface area contributed by atoms with Crippen LogP contribution in [-0.2, 0) is 6.54 Å². The van der Waals surface area contributed by atoms with Crippen LogP contribution in [0.1, 0.15) is 11.1 Å². The van der Waals surface area contributed by atoms with E-state index in [9.17, 15) is 15.2 Å². The van der Waals surface area contributed by atoms with Crippen LogP contribution >= 0.6 is 0 Å². The van der Waals surface area contributed by atoms with Crippen molar-refractivity contribution in [3.05, 3.63) is 63.7 Å². The second-order valence-corrected chi connectivity index (χ2v) is 4.26. The molecule has 0 bridgehead atoms. The number of phenolic OH excluding ortho intramolecular Hbond substituents is 1. The number of nitrogens with one attached hydrogen (secondary N) is 1. The van der Waals surface area contributed by atoms with Gasteiger partial charge >= 0.3 is 0 Å². The minimum Gasteiger partial charge on any atom is -0.508 e. The monoisotopic (exact) mass is 258 g/mol. The maximum absolute atomic E-state index is 10.9. The van der Waals surface area contributed by atoms with E-state index in [-0.39, 0.29) is 11.4 Å². The normalized spacial score (nSPS) is 10.2. The van der Waals surface area contributed by atoms with Gasteiger partial charge in [0.15, 0.2) is 0 Å². The summed E-state index contributed by atoms with van der Waals surface area (Å²) < 4.78 is 0. The Morgan fingerprint density at radius 3 is 2.74 bits per heavy atom. The van der Waals surface area contributed by atoms with Crippen molar-refractivity contribution in [2.75, 3.05) is 5.32 Å². The van der Waals surface area contributed by atoms with E-state index in [1.165, 1.54) is 6.07 Å². The molecule has 0 radical (unpaired) electrons. The van der Waals surface area contributed by atoms with Crippen LogP contribution in [0, 0.1) is 17.0 Å². The van der Waals surface area contributed by atoms with Crippen LogP contribution in [-0.4, -0.2) is 10.0 Å². The van der Waals surface area contributed by atoms with Crippen LogP contribution in [0.3, 0.4) is 0 Å². The van der Waals surface area contributed by atoms with Gasteiger partial charge in [-0.3, -0.25) is 10.1 Å². The number of nitro groups is 1. The molecule has 0 saturated heterocycles. The molecule has 19 heavy (non-hydrogen) atoms. The zero-order chi connectivity index (χ0) is 13.8. The Balaban J connectivity index is 2.19. The summed E-state index contributed by atoms with van der Waals surface area (Å²) >= 11 is 0. The van der Waals surface area contributed by atoms with Crippen molar-refractivity contribution in [2.45, 2.75) is 13.5 Å². The Morgan fingerprint density at radius 2 is 2.00 bits per heavy atom. The summed E-state index contributed by atoms with van der Waals surface area (Å²) in [4.78, 5) is 10.4. The van der Waals surface area contributed by atoms with Crippen LogP contribution in [0.4, 0.5) is 11.4 Å². The lowest BCUT2D eigenvalue weighted by atomic mass is 10.1. The molecule has 2 aromatic rings. The molecule has 2 rings (SSSR count). The van der Waals surface area contributed by atoms with Crippen LogP contribution < -0.4 is 5.32 Å². The third kappa shape index (κ3) is 3.01. The molecule has 0 amide bonds. The van der Waals surface area contributed by atoms with Gasteiger partial charge in [-0.2, -0.15) is 0 Å². The molecule has 0 fully saturated rings. The van der Waals surface area contributed by atoms with Gasteiger partial charge in [0.1, 0.15) is 11.4 Å². The third-order valence-corrected chi connectivity index (χ3v) is 2.81. The fraction of sp³-hybridized carbons (Fsp3) is 0.143. The number of hydrogen-bond acceptors (Lipinski definition) is 4. The molecular weight excluding hydrogens is 244 g/mol. The SMILES string of the molecule is Cc1ccc(O)c(CNc2ccccc2[N+](=O)[O-])c1. The fourth-order valence-electron chi connectivity index (χ4n) is 1.83. The predicted octanol–water partition coefficient (Wildman–Crippen LogP) is 3.22. The summed E-state index contributed by atoms with van der Waals surface area (Å²) in [6, 6.07) is 11.7. The van der Waals surface area contributed by atoms with E-state index in [4.69, 9.17) is 0 Å². The highest BCUT2D eigenvalue weighted by Crippen LogP contribution is 2.25. The molecule has 98 valence electrons. The molecule has 0 aliphatic heterocycles. The van der Waals surface area contributed by atoms with Gasteiger partial charge in [-0.05, 0) is 19.1 Å². The number of para-hydroxylation sites is 2. The van der Waals surface area contributed by atoms with Crippen molar-refractivity contribution in [1.82, 2.24) is 0 Å². The number of phenols is 1. The van der Waals surface area contributed by atoms with E-state index in [1.807, 2.05) is 19.1 Å². The zero-order valence-corrected chi connectivity index (χ0v) is 10.5. The predicted molar refractivity (Wildman–Crippen MR) is 73.3 cm³/mol. The second-order valence-electron chi connectivity index (χ2n) is 4.26. The van der Waals surface area contributed by atoms with E-state index < -0.39 is 4.92 Å². The number of nitro benzene ring substituents is 1. The average molecular weight is 258 g/mol. The van der Waals surface area contributed by atoms with Crippen molar-refractivity contribution in [3.8, 4) is 5.75 Å². The van der Waals surface area contributed by atoms with Crippen molar-refractivity contribution in [2.24, 2.45) is 0 Å². The Morgan fingerprint density at radius 1 is 1.26 bits per heavy atom. The maximum atomic E-state index is 10.9. The number of benzene rings is 2. The average Bonchev–Trinajstić information content (AvgIpc) is 2.40. The van der Waals surface area contributed by atoms with Crippen molar-refractivity contribution >= 4 is 11.4 Å². The number of aryl methyl sites for hydroxylation is 1. The quantitative estimate of drug-likeness (QED) is 0.652. The van der Waals surface area contributed by atoms with E-state index in [1.54, 1.807) is 24.3 Å². The number of nitrogens with zero attached hydrogens (tertiary/aromatic N) is 1. The van der Waals surface area contributed by atoms with E-state index in [0.29, 0.717) is 17.8 Å². The number of hydrogen-bond donors (Lipinski definition) is 2. The summed E-state index contributed by atoms with van der Waals surface area (Å²) in [6.07, 6.45) is 0. The first-order chi connectivity index (χ1) is 9.08. The van der Waals surface area contributed by atoms with Gasteiger partial charge < -0.3 is 10.4 Å². The summed E-state index contributed by atoms with van der Waals surface area (Å²) in [5.41, 5.74) is 2.19. The number of aromatic hydroxyl groups is 1. The van der Waals surface area contributed by atoms with E-state index >= 15 is 0 Å². The molecule has 0 spiro atoms. The summed E-state index contributed by atoms with van der Waals surface area (Å²) in [6.45, 7) is 2.26. The molecule has 5 heteroatoms. The zero-order valence-electron chi connectivity index (χ0n) is 10.5. The van der Waals surface area contributed by atoms with Crippen LogP contribution in [0.2, 0.25) is 0 Å². The molecule has 0 heterocycles. The lowest BCUT2D eigenvalue weighted by molar-refractivity contribution is -0.384. The smallest absolute Gasteiger partial charge is 0.292 e. The van der Waals surface area contributed by atoms with Gasteiger partial charge in [-0.1, -0.05) is 29.8 Å². The van der Waals surface area contributed by atoms with Gasteiger partial charge in [0.2, 0.25) is 0 Å². The van der Waals surface area contributed by atoms with Crippen molar-refractivity contribution < 1.29 is 10.0 Å². The van der Waals surface area contributed by atoms with Gasteiger partial charge in [0.05, 0.1) is 4.92 Å². The first kappa shape index (κ1) is 12.9. The molecule has 5 nitrogen and oxygen atoms in total. The molecule has 0 saturated carbocycles. The van der Waals surface area contributed by atoms with Gasteiger partial charge in [0.25, 0.3) is 5.69 Å². The lowest BCUT2D eigenvalue weighted by Gasteiger charge is -2.09. The van der Waals surface area contributed by atoms with Crippen LogP contribution in [0.25, 0.3) is 0 Å². The highest BCUT2D eigenvalue weighted by Gasteiger charge is 2.12. The first-order valence-electron chi connectivity index (χ1n) is 5.83. The molecule has 0 atom stereocenters.